The number of phenolic OH excluding ortho intramolecular Hbond substituents is 1. The van der Waals surface area contributed by atoms with Crippen LogP contribution in [-0.2, 0) is 12.8 Å². The summed E-state index contributed by atoms with van der Waals surface area (Å²) in [6, 6.07) is 16.1. The molecule has 2 atom stereocenters. The van der Waals surface area contributed by atoms with Gasteiger partial charge in [0.2, 0.25) is 0 Å². The van der Waals surface area contributed by atoms with E-state index in [0.717, 1.165) is 17.9 Å². The van der Waals surface area contributed by atoms with Crippen LogP contribution in [0.5, 0.6) is 5.75 Å². The fourth-order valence-electron chi connectivity index (χ4n) is 2.58. The van der Waals surface area contributed by atoms with Crippen molar-refractivity contribution < 1.29 is 5.11 Å². The van der Waals surface area contributed by atoms with Crippen LogP contribution in [0.15, 0.2) is 48.5 Å². The van der Waals surface area contributed by atoms with Gasteiger partial charge in [-0.2, -0.15) is 0 Å². The molecule has 2 unspecified atom stereocenters. The quantitative estimate of drug-likeness (QED) is 0.838. The summed E-state index contributed by atoms with van der Waals surface area (Å²) in [6.07, 6.45) is 1.85. The van der Waals surface area contributed by atoms with E-state index in [1.165, 1.54) is 11.1 Å². The summed E-state index contributed by atoms with van der Waals surface area (Å²) >= 11 is 6.20. The van der Waals surface area contributed by atoms with Crippen molar-refractivity contribution in [1.29, 1.82) is 0 Å². The van der Waals surface area contributed by atoms with E-state index < -0.39 is 0 Å². The van der Waals surface area contributed by atoms with Crippen LogP contribution in [0.25, 0.3) is 0 Å². The van der Waals surface area contributed by atoms with E-state index in [2.05, 4.69) is 25.2 Å². The Hall–Kier alpha value is -1.51. The average Bonchev–Trinajstić information content (AvgIpc) is 2.44. The lowest BCUT2D eigenvalue weighted by atomic mass is 10.0. The van der Waals surface area contributed by atoms with Crippen molar-refractivity contribution in [2.45, 2.75) is 38.8 Å². The Bertz CT molecular complexity index is 568. The number of hydrogen-bond donors (Lipinski definition) is 2. The highest BCUT2D eigenvalue weighted by molar-refractivity contribution is 6.31. The Balaban J connectivity index is 1.86. The summed E-state index contributed by atoms with van der Waals surface area (Å²) < 4.78 is 0. The summed E-state index contributed by atoms with van der Waals surface area (Å²) in [4.78, 5) is 0. The van der Waals surface area contributed by atoms with Crippen LogP contribution in [0.1, 0.15) is 25.0 Å². The first-order chi connectivity index (χ1) is 10.0. The van der Waals surface area contributed by atoms with Crippen molar-refractivity contribution in [2.75, 3.05) is 0 Å². The van der Waals surface area contributed by atoms with Gasteiger partial charge in [0.15, 0.2) is 0 Å². The minimum Gasteiger partial charge on any atom is -0.508 e. The van der Waals surface area contributed by atoms with E-state index in [9.17, 15) is 5.11 Å². The Labute approximate surface area is 131 Å². The van der Waals surface area contributed by atoms with Gasteiger partial charge in [-0.1, -0.05) is 41.9 Å². The molecule has 21 heavy (non-hydrogen) atoms. The molecule has 0 aromatic heterocycles. The van der Waals surface area contributed by atoms with Gasteiger partial charge >= 0.3 is 0 Å². The van der Waals surface area contributed by atoms with Gasteiger partial charge in [0.05, 0.1) is 0 Å². The molecule has 3 heteroatoms. The first-order valence-electron chi connectivity index (χ1n) is 7.32. The van der Waals surface area contributed by atoms with E-state index in [1.807, 2.05) is 30.3 Å². The first-order valence-corrected chi connectivity index (χ1v) is 7.69. The monoisotopic (exact) mass is 303 g/mol. The van der Waals surface area contributed by atoms with Crippen LogP contribution < -0.4 is 5.32 Å². The lowest BCUT2D eigenvalue weighted by molar-refractivity contribution is 0.460. The highest BCUT2D eigenvalue weighted by Crippen LogP contribution is 2.17. The second kappa shape index (κ2) is 7.48. The topological polar surface area (TPSA) is 32.3 Å². The number of benzene rings is 2. The van der Waals surface area contributed by atoms with Gasteiger partial charge in [-0.15, -0.1) is 0 Å². The predicted molar refractivity (Wildman–Crippen MR) is 89.0 cm³/mol. The maximum Gasteiger partial charge on any atom is 0.115 e. The van der Waals surface area contributed by atoms with Crippen LogP contribution in [0.3, 0.4) is 0 Å². The molecule has 112 valence electrons. The molecule has 0 bridgehead atoms. The molecular formula is C18H22ClNO. The standard InChI is InChI=1S/C18H22ClNO/c1-13(11-15-7-9-17(21)10-8-15)20-14(2)12-16-5-3-4-6-18(16)19/h3-10,13-14,20-21H,11-12H2,1-2H3. The molecule has 0 heterocycles. The lowest BCUT2D eigenvalue weighted by Gasteiger charge is -2.20. The number of halogens is 1. The summed E-state index contributed by atoms with van der Waals surface area (Å²) in [6.45, 7) is 4.35. The van der Waals surface area contributed by atoms with Gasteiger partial charge < -0.3 is 10.4 Å². The van der Waals surface area contributed by atoms with E-state index in [-0.39, 0.29) is 0 Å². The molecule has 0 radical (unpaired) electrons. The van der Waals surface area contributed by atoms with Crippen molar-refractivity contribution in [3.63, 3.8) is 0 Å². The van der Waals surface area contributed by atoms with Crippen LogP contribution in [0, 0.1) is 0 Å². The molecule has 2 rings (SSSR count). The SMILES string of the molecule is CC(Cc1ccc(O)cc1)NC(C)Cc1ccccc1Cl. The van der Waals surface area contributed by atoms with Crippen molar-refractivity contribution in [3.05, 3.63) is 64.7 Å². The van der Waals surface area contributed by atoms with Crippen molar-refractivity contribution >= 4 is 11.6 Å². The fourth-order valence-corrected chi connectivity index (χ4v) is 2.80. The molecule has 2 N–H and O–H groups in total. The molecule has 0 amide bonds. The van der Waals surface area contributed by atoms with Gasteiger partial charge in [0.25, 0.3) is 0 Å². The molecule has 0 saturated heterocycles. The Morgan fingerprint density at radius 2 is 1.57 bits per heavy atom. The van der Waals surface area contributed by atoms with Gasteiger partial charge in [0.1, 0.15) is 5.75 Å². The zero-order valence-electron chi connectivity index (χ0n) is 12.5. The Kier molecular flexibility index (Phi) is 5.66. The fraction of sp³-hybridized carbons (Fsp3) is 0.333. The van der Waals surface area contributed by atoms with Crippen LogP contribution in [-0.4, -0.2) is 17.2 Å². The van der Waals surface area contributed by atoms with Crippen molar-refractivity contribution in [1.82, 2.24) is 5.32 Å². The second-order valence-electron chi connectivity index (χ2n) is 5.63. The molecule has 0 fully saturated rings. The maximum atomic E-state index is 9.30. The minimum atomic E-state index is 0.312. The number of phenols is 1. The minimum absolute atomic E-state index is 0.312. The third-order valence-electron chi connectivity index (χ3n) is 3.53. The number of aromatic hydroxyl groups is 1. The van der Waals surface area contributed by atoms with Crippen molar-refractivity contribution in [2.24, 2.45) is 0 Å². The van der Waals surface area contributed by atoms with Gasteiger partial charge in [-0.25, -0.2) is 0 Å². The van der Waals surface area contributed by atoms with Crippen LogP contribution in [0.2, 0.25) is 5.02 Å². The highest BCUT2D eigenvalue weighted by atomic mass is 35.5. The summed E-state index contributed by atoms with van der Waals surface area (Å²) in [7, 11) is 0. The maximum absolute atomic E-state index is 9.30. The van der Waals surface area contributed by atoms with Gasteiger partial charge in [0, 0.05) is 17.1 Å². The predicted octanol–water partition coefficient (Wildman–Crippen LogP) is 4.20. The Morgan fingerprint density at radius 1 is 0.952 bits per heavy atom. The smallest absolute Gasteiger partial charge is 0.115 e. The van der Waals surface area contributed by atoms with Crippen LogP contribution in [0.4, 0.5) is 0 Å². The molecule has 0 spiro atoms. The number of nitrogens with one attached hydrogen (secondary N) is 1. The zero-order valence-corrected chi connectivity index (χ0v) is 13.3. The lowest BCUT2D eigenvalue weighted by Crippen LogP contribution is -2.37. The van der Waals surface area contributed by atoms with E-state index >= 15 is 0 Å². The van der Waals surface area contributed by atoms with E-state index in [1.54, 1.807) is 12.1 Å². The Morgan fingerprint density at radius 3 is 2.24 bits per heavy atom. The second-order valence-corrected chi connectivity index (χ2v) is 6.04. The third-order valence-corrected chi connectivity index (χ3v) is 3.90. The molecule has 0 aliphatic rings. The molecule has 0 aliphatic heterocycles. The normalized spacial score (nSPS) is 13.9. The zero-order chi connectivity index (χ0) is 15.2. The molecule has 2 aromatic rings. The molecule has 2 nitrogen and oxygen atoms in total. The average molecular weight is 304 g/mol. The highest BCUT2D eigenvalue weighted by Gasteiger charge is 2.10. The van der Waals surface area contributed by atoms with Crippen molar-refractivity contribution in [3.8, 4) is 5.75 Å². The van der Waals surface area contributed by atoms with E-state index in [4.69, 9.17) is 11.6 Å². The number of rotatable bonds is 6. The van der Waals surface area contributed by atoms with Gasteiger partial charge in [-0.3, -0.25) is 0 Å². The first kappa shape index (κ1) is 15.9. The van der Waals surface area contributed by atoms with E-state index in [0.29, 0.717) is 17.8 Å². The molecular weight excluding hydrogens is 282 g/mol. The van der Waals surface area contributed by atoms with Crippen LogP contribution >= 0.6 is 11.6 Å². The molecule has 0 aliphatic carbocycles. The largest absolute Gasteiger partial charge is 0.508 e. The molecule has 2 aromatic carbocycles. The summed E-state index contributed by atoms with van der Waals surface area (Å²) in [5.41, 5.74) is 2.40. The van der Waals surface area contributed by atoms with Gasteiger partial charge in [-0.05, 0) is 56.0 Å². The number of hydrogen-bond acceptors (Lipinski definition) is 2. The summed E-state index contributed by atoms with van der Waals surface area (Å²) in [5, 5.41) is 13.7. The molecule has 0 saturated carbocycles. The third kappa shape index (κ3) is 5.07. The summed E-state index contributed by atoms with van der Waals surface area (Å²) in [5.74, 6) is 0.312.